The van der Waals surface area contributed by atoms with Gasteiger partial charge in [0.15, 0.2) is 0 Å². The number of hydrogen-bond acceptors (Lipinski definition) is 2. The van der Waals surface area contributed by atoms with Crippen molar-refractivity contribution in [2.24, 2.45) is 17.6 Å². The van der Waals surface area contributed by atoms with Crippen LogP contribution in [-0.4, -0.2) is 18.0 Å². The number of carbonyl (C=O) groups is 1. The number of nitrogens with one attached hydrogen (secondary N) is 1. The summed E-state index contributed by atoms with van der Waals surface area (Å²) in [6, 6.07) is 0. The second-order valence-electron chi connectivity index (χ2n) is 4.65. The summed E-state index contributed by atoms with van der Waals surface area (Å²) in [5, 5.41) is 3.11. The summed E-state index contributed by atoms with van der Waals surface area (Å²) >= 11 is 0. The third kappa shape index (κ3) is 1.57. The van der Waals surface area contributed by atoms with Gasteiger partial charge in [0.1, 0.15) is 0 Å². The number of rotatable bonds is 3. The molecule has 2 aliphatic rings. The quantitative estimate of drug-likeness (QED) is 0.673. The van der Waals surface area contributed by atoms with Crippen LogP contribution < -0.4 is 11.1 Å². The zero-order valence-corrected chi connectivity index (χ0v) is 8.18. The average molecular weight is 182 g/mol. The van der Waals surface area contributed by atoms with Gasteiger partial charge in [-0.1, -0.05) is 6.92 Å². The van der Waals surface area contributed by atoms with Crippen LogP contribution in [0, 0.1) is 11.8 Å². The number of carbonyl (C=O) groups excluding carboxylic acids is 1. The van der Waals surface area contributed by atoms with Gasteiger partial charge in [-0.2, -0.15) is 0 Å². The molecule has 0 heterocycles. The molecule has 2 unspecified atom stereocenters. The number of amides is 1. The standard InChI is InChI=1S/C10H18N2O/c1-7-5-8(7)9(13)12-10(6-11)3-2-4-10/h7-8H,2-6,11H2,1H3,(H,12,13). The fourth-order valence-corrected chi connectivity index (χ4v) is 2.03. The molecule has 3 nitrogen and oxygen atoms in total. The van der Waals surface area contributed by atoms with E-state index in [1.54, 1.807) is 0 Å². The van der Waals surface area contributed by atoms with Crippen molar-refractivity contribution in [1.82, 2.24) is 5.32 Å². The summed E-state index contributed by atoms with van der Waals surface area (Å²) in [5.41, 5.74) is 5.63. The predicted octanol–water partition coefficient (Wildman–Crippen LogP) is 0.640. The minimum atomic E-state index is -0.0284. The molecule has 13 heavy (non-hydrogen) atoms. The lowest BCUT2D eigenvalue weighted by Gasteiger charge is -2.41. The molecule has 1 amide bonds. The summed E-state index contributed by atoms with van der Waals surface area (Å²) in [5.74, 6) is 1.11. The zero-order valence-electron chi connectivity index (χ0n) is 8.18. The maximum atomic E-state index is 11.6. The Morgan fingerprint density at radius 3 is 2.54 bits per heavy atom. The van der Waals surface area contributed by atoms with Crippen LogP contribution in [0.4, 0.5) is 0 Å². The largest absolute Gasteiger partial charge is 0.349 e. The Morgan fingerprint density at radius 1 is 1.62 bits per heavy atom. The highest BCUT2D eigenvalue weighted by Gasteiger charge is 2.44. The Morgan fingerprint density at radius 2 is 2.23 bits per heavy atom. The average Bonchev–Trinajstić information content (AvgIpc) is 2.75. The molecule has 0 aromatic heterocycles. The van der Waals surface area contributed by atoms with Gasteiger partial charge in [-0.05, 0) is 31.6 Å². The number of nitrogens with two attached hydrogens (primary N) is 1. The highest BCUT2D eigenvalue weighted by Crippen LogP contribution is 2.39. The van der Waals surface area contributed by atoms with Gasteiger partial charge in [-0.3, -0.25) is 4.79 Å². The van der Waals surface area contributed by atoms with Crippen molar-refractivity contribution in [3.63, 3.8) is 0 Å². The first-order chi connectivity index (χ1) is 6.17. The lowest BCUT2D eigenvalue weighted by atomic mass is 9.76. The molecule has 0 spiro atoms. The molecule has 0 saturated heterocycles. The summed E-state index contributed by atoms with van der Waals surface area (Å²) in [6.07, 6.45) is 4.40. The Labute approximate surface area is 79.1 Å². The van der Waals surface area contributed by atoms with Gasteiger partial charge in [0.2, 0.25) is 5.91 Å². The summed E-state index contributed by atoms with van der Waals surface area (Å²) in [4.78, 5) is 11.6. The Kier molecular flexibility index (Phi) is 2.06. The van der Waals surface area contributed by atoms with E-state index in [0.717, 1.165) is 19.3 Å². The lowest BCUT2D eigenvalue weighted by Crippen LogP contribution is -2.58. The minimum Gasteiger partial charge on any atom is -0.349 e. The second-order valence-corrected chi connectivity index (χ2v) is 4.65. The molecule has 0 aromatic rings. The number of hydrogen-bond donors (Lipinski definition) is 2. The highest BCUT2D eigenvalue weighted by molar-refractivity contribution is 5.82. The third-order valence-corrected chi connectivity index (χ3v) is 3.54. The molecule has 2 atom stereocenters. The molecule has 74 valence electrons. The van der Waals surface area contributed by atoms with Crippen LogP contribution in [0.3, 0.4) is 0 Å². The summed E-state index contributed by atoms with van der Waals surface area (Å²) in [6.45, 7) is 2.72. The van der Waals surface area contributed by atoms with Gasteiger partial charge in [-0.25, -0.2) is 0 Å². The summed E-state index contributed by atoms with van der Waals surface area (Å²) in [7, 11) is 0. The lowest BCUT2D eigenvalue weighted by molar-refractivity contribution is -0.125. The molecule has 2 rings (SSSR count). The normalized spacial score (nSPS) is 34.9. The Hall–Kier alpha value is -0.570. The third-order valence-electron chi connectivity index (χ3n) is 3.54. The predicted molar refractivity (Wildman–Crippen MR) is 51.1 cm³/mol. The molecule has 3 heteroatoms. The molecule has 0 aromatic carbocycles. The van der Waals surface area contributed by atoms with E-state index in [1.807, 2.05) is 0 Å². The van der Waals surface area contributed by atoms with Crippen molar-refractivity contribution in [2.45, 2.75) is 38.1 Å². The maximum absolute atomic E-state index is 11.6. The van der Waals surface area contributed by atoms with Crippen LogP contribution in [0.1, 0.15) is 32.6 Å². The van der Waals surface area contributed by atoms with Crippen molar-refractivity contribution in [3.05, 3.63) is 0 Å². The SMILES string of the molecule is CC1CC1C(=O)NC1(CN)CCC1. The fraction of sp³-hybridized carbons (Fsp3) is 0.900. The zero-order chi connectivity index (χ0) is 9.47. The van der Waals surface area contributed by atoms with Crippen LogP contribution in [0.25, 0.3) is 0 Å². The highest BCUT2D eigenvalue weighted by atomic mass is 16.2. The van der Waals surface area contributed by atoms with Crippen molar-refractivity contribution >= 4 is 5.91 Å². The van der Waals surface area contributed by atoms with Crippen LogP contribution in [0.2, 0.25) is 0 Å². The van der Waals surface area contributed by atoms with Crippen LogP contribution in [0.15, 0.2) is 0 Å². The monoisotopic (exact) mass is 182 g/mol. The van der Waals surface area contributed by atoms with Crippen molar-refractivity contribution in [3.8, 4) is 0 Å². The maximum Gasteiger partial charge on any atom is 0.223 e. The first-order valence-corrected chi connectivity index (χ1v) is 5.19. The second kappa shape index (κ2) is 2.98. The first-order valence-electron chi connectivity index (χ1n) is 5.19. The molecule has 2 saturated carbocycles. The van der Waals surface area contributed by atoms with Crippen molar-refractivity contribution in [2.75, 3.05) is 6.54 Å². The first kappa shape index (κ1) is 9.00. The van der Waals surface area contributed by atoms with Gasteiger partial charge in [0.25, 0.3) is 0 Å². The van der Waals surface area contributed by atoms with E-state index in [9.17, 15) is 4.79 Å². The van der Waals surface area contributed by atoms with E-state index in [1.165, 1.54) is 6.42 Å². The van der Waals surface area contributed by atoms with E-state index in [0.29, 0.717) is 12.5 Å². The van der Waals surface area contributed by atoms with Crippen LogP contribution in [0.5, 0.6) is 0 Å². The minimum absolute atomic E-state index is 0.0284. The van der Waals surface area contributed by atoms with E-state index in [4.69, 9.17) is 5.73 Å². The van der Waals surface area contributed by atoms with Crippen LogP contribution in [-0.2, 0) is 4.79 Å². The van der Waals surface area contributed by atoms with E-state index >= 15 is 0 Å². The molecule has 2 fully saturated rings. The topological polar surface area (TPSA) is 55.1 Å². The fourth-order valence-electron chi connectivity index (χ4n) is 2.03. The van der Waals surface area contributed by atoms with Crippen molar-refractivity contribution in [1.29, 1.82) is 0 Å². The van der Waals surface area contributed by atoms with Gasteiger partial charge in [0, 0.05) is 12.5 Å². The molecular weight excluding hydrogens is 164 g/mol. The van der Waals surface area contributed by atoms with Gasteiger partial charge >= 0.3 is 0 Å². The Balaban J connectivity index is 1.86. The van der Waals surface area contributed by atoms with E-state index in [2.05, 4.69) is 12.2 Å². The summed E-state index contributed by atoms with van der Waals surface area (Å²) < 4.78 is 0. The molecule has 0 radical (unpaired) electrons. The van der Waals surface area contributed by atoms with Gasteiger partial charge in [-0.15, -0.1) is 0 Å². The van der Waals surface area contributed by atoms with Gasteiger partial charge < -0.3 is 11.1 Å². The molecular formula is C10H18N2O. The molecule has 3 N–H and O–H groups in total. The van der Waals surface area contributed by atoms with E-state index < -0.39 is 0 Å². The molecule has 2 aliphatic carbocycles. The van der Waals surface area contributed by atoms with Crippen molar-refractivity contribution < 1.29 is 4.79 Å². The molecule has 0 aliphatic heterocycles. The smallest absolute Gasteiger partial charge is 0.223 e. The van der Waals surface area contributed by atoms with Gasteiger partial charge in [0.05, 0.1) is 5.54 Å². The molecule has 0 bridgehead atoms. The Bertz CT molecular complexity index is 217. The van der Waals surface area contributed by atoms with Crippen LogP contribution >= 0.6 is 0 Å². The van der Waals surface area contributed by atoms with E-state index in [-0.39, 0.29) is 17.4 Å².